The molecule has 1 amide bonds. The summed E-state index contributed by atoms with van der Waals surface area (Å²) in [6, 6.07) is 9.89. The second-order valence-corrected chi connectivity index (χ2v) is 6.67. The number of nitrogens with zero attached hydrogens (tertiary/aromatic N) is 2. The minimum Gasteiger partial charge on any atom is -0.457 e. The van der Waals surface area contributed by atoms with Crippen LogP contribution in [0.2, 0.25) is 0 Å². The zero-order valence-corrected chi connectivity index (χ0v) is 15.5. The number of carbonyl (C=O) groups excluding carboxylic acids is 1. The van der Waals surface area contributed by atoms with Gasteiger partial charge in [-0.2, -0.15) is 0 Å². The largest absolute Gasteiger partial charge is 0.457 e. The van der Waals surface area contributed by atoms with E-state index in [-0.39, 0.29) is 11.7 Å². The lowest BCUT2D eigenvalue weighted by molar-refractivity contribution is 0.0793. The Balaban J connectivity index is 1.52. The standard InChI is InChI=1S/C21H21FN4O2/c1-23-18-5-4-15(11-17(18)22)28-16-6-7-24-20(12-16)19-10-14(13-25-19)21(27)26-8-2-3-9-26/h4-7,10-13,23,25H,2-3,8-9H2,1H3. The number of likely N-dealkylation sites (tertiary alicyclic amines) is 1. The molecule has 0 radical (unpaired) electrons. The molecule has 0 atom stereocenters. The van der Waals surface area contributed by atoms with Crippen LogP contribution in [0.1, 0.15) is 23.2 Å². The quantitative estimate of drug-likeness (QED) is 0.693. The van der Waals surface area contributed by atoms with Crippen LogP contribution in [-0.4, -0.2) is 40.9 Å². The highest BCUT2D eigenvalue weighted by Gasteiger charge is 2.20. The highest BCUT2D eigenvalue weighted by molar-refractivity contribution is 5.95. The number of hydrogen-bond donors (Lipinski definition) is 2. The summed E-state index contributed by atoms with van der Waals surface area (Å²) in [6.45, 7) is 1.62. The number of carbonyl (C=O) groups is 1. The second-order valence-electron chi connectivity index (χ2n) is 6.67. The van der Waals surface area contributed by atoms with Crippen molar-refractivity contribution in [3.63, 3.8) is 0 Å². The summed E-state index contributed by atoms with van der Waals surface area (Å²) in [4.78, 5) is 21.8. The number of anilines is 1. The minimum atomic E-state index is -0.385. The molecular formula is C21H21FN4O2. The van der Waals surface area contributed by atoms with Gasteiger partial charge < -0.3 is 19.9 Å². The van der Waals surface area contributed by atoms with E-state index in [9.17, 15) is 9.18 Å². The van der Waals surface area contributed by atoms with E-state index in [0.717, 1.165) is 31.6 Å². The van der Waals surface area contributed by atoms with Crippen molar-refractivity contribution >= 4 is 11.6 Å². The molecule has 6 nitrogen and oxygen atoms in total. The van der Waals surface area contributed by atoms with Crippen LogP contribution in [0.25, 0.3) is 11.4 Å². The molecule has 144 valence electrons. The fraction of sp³-hybridized carbons (Fsp3) is 0.238. The van der Waals surface area contributed by atoms with E-state index in [1.54, 1.807) is 49.8 Å². The van der Waals surface area contributed by atoms with Gasteiger partial charge in [0.25, 0.3) is 5.91 Å². The number of amides is 1. The Labute approximate surface area is 162 Å². The van der Waals surface area contributed by atoms with Gasteiger partial charge in [-0.05, 0) is 37.1 Å². The highest BCUT2D eigenvalue weighted by atomic mass is 19.1. The van der Waals surface area contributed by atoms with E-state index in [4.69, 9.17) is 4.74 Å². The third-order valence-electron chi connectivity index (χ3n) is 4.78. The Bertz CT molecular complexity index is 996. The summed E-state index contributed by atoms with van der Waals surface area (Å²) in [5, 5.41) is 2.77. The molecule has 0 unspecified atom stereocenters. The predicted molar refractivity (Wildman–Crippen MR) is 105 cm³/mol. The fourth-order valence-corrected chi connectivity index (χ4v) is 3.29. The van der Waals surface area contributed by atoms with Crippen molar-refractivity contribution in [1.82, 2.24) is 14.9 Å². The van der Waals surface area contributed by atoms with Gasteiger partial charge in [-0.3, -0.25) is 9.78 Å². The molecular weight excluding hydrogens is 359 g/mol. The smallest absolute Gasteiger partial charge is 0.255 e. The van der Waals surface area contributed by atoms with E-state index in [1.165, 1.54) is 6.07 Å². The average Bonchev–Trinajstić information content (AvgIpc) is 3.40. The Kier molecular flexibility index (Phi) is 4.97. The lowest BCUT2D eigenvalue weighted by Crippen LogP contribution is -2.27. The van der Waals surface area contributed by atoms with E-state index in [1.807, 2.05) is 4.90 Å². The molecule has 0 bridgehead atoms. The zero-order valence-electron chi connectivity index (χ0n) is 15.5. The van der Waals surface area contributed by atoms with Crippen molar-refractivity contribution in [2.75, 3.05) is 25.5 Å². The van der Waals surface area contributed by atoms with Gasteiger partial charge >= 0.3 is 0 Å². The van der Waals surface area contributed by atoms with Gasteiger partial charge in [0.05, 0.1) is 22.6 Å². The molecule has 3 aromatic rings. The van der Waals surface area contributed by atoms with Crippen molar-refractivity contribution in [3.8, 4) is 22.9 Å². The number of ether oxygens (including phenoxy) is 1. The number of hydrogen-bond acceptors (Lipinski definition) is 4. The number of pyridine rings is 1. The highest BCUT2D eigenvalue weighted by Crippen LogP contribution is 2.28. The molecule has 2 aromatic heterocycles. The van der Waals surface area contributed by atoms with Crippen LogP contribution in [0.4, 0.5) is 10.1 Å². The van der Waals surface area contributed by atoms with Crippen molar-refractivity contribution < 1.29 is 13.9 Å². The number of nitrogens with one attached hydrogen (secondary N) is 2. The van der Waals surface area contributed by atoms with Gasteiger partial charge in [-0.15, -0.1) is 0 Å². The first kappa shape index (κ1) is 18.0. The van der Waals surface area contributed by atoms with Gasteiger partial charge in [0, 0.05) is 44.7 Å². The summed E-state index contributed by atoms with van der Waals surface area (Å²) < 4.78 is 19.7. The minimum absolute atomic E-state index is 0.0347. The second kappa shape index (κ2) is 7.72. The SMILES string of the molecule is CNc1ccc(Oc2ccnc(-c3cc(C(=O)N4CCCC4)c[nH]3)c2)cc1F. The van der Waals surface area contributed by atoms with Crippen LogP contribution in [-0.2, 0) is 0 Å². The van der Waals surface area contributed by atoms with Gasteiger partial charge in [0.15, 0.2) is 0 Å². The average molecular weight is 380 g/mol. The monoisotopic (exact) mass is 380 g/mol. The first-order valence-electron chi connectivity index (χ1n) is 9.23. The van der Waals surface area contributed by atoms with Crippen LogP contribution in [0.15, 0.2) is 48.8 Å². The number of H-pyrrole nitrogens is 1. The lowest BCUT2D eigenvalue weighted by Gasteiger charge is -2.13. The summed E-state index contributed by atoms with van der Waals surface area (Å²) in [5.41, 5.74) is 2.40. The molecule has 2 N–H and O–H groups in total. The van der Waals surface area contributed by atoms with Crippen LogP contribution >= 0.6 is 0 Å². The fourth-order valence-electron chi connectivity index (χ4n) is 3.29. The summed E-state index contributed by atoms with van der Waals surface area (Å²) in [5.74, 6) is 0.574. The van der Waals surface area contributed by atoms with Gasteiger partial charge in [0.1, 0.15) is 17.3 Å². The molecule has 1 aliphatic heterocycles. The Morgan fingerprint density at radius 1 is 1.18 bits per heavy atom. The Morgan fingerprint density at radius 2 is 1.96 bits per heavy atom. The van der Waals surface area contributed by atoms with Gasteiger partial charge in [0.2, 0.25) is 0 Å². The molecule has 1 aliphatic rings. The Morgan fingerprint density at radius 3 is 2.71 bits per heavy atom. The zero-order chi connectivity index (χ0) is 19.5. The van der Waals surface area contributed by atoms with E-state index in [0.29, 0.717) is 28.4 Å². The molecule has 1 saturated heterocycles. The van der Waals surface area contributed by atoms with Crippen LogP contribution in [0.5, 0.6) is 11.5 Å². The molecule has 1 fully saturated rings. The van der Waals surface area contributed by atoms with Crippen LogP contribution < -0.4 is 10.1 Å². The maximum atomic E-state index is 13.9. The molecule has 3 heterocycles. The number of benzene rings is 1. The van der Waals surface area contributed by atoms with Gasteiger partial charge in [-0.25, -0.2) is 4.39 Å². The molecule has 0 aliphatic carbocycles. The summed E-state index contributed by atoms with van der Waals surface area (Å²) >= 11 is 0. The first-order valence-corrected chi connectivity index (χ1v) is 9.23. The lowest BCUT2D eigenvalue weighted by atomic mass is 10.2. The number of aromatic nitrogens is 2. The summed E-state index contributed by atoms with van der Waals surface area (Å²) in [6.07, 6.45) is 5.43. The third-order valence-corrected chi connectivity index (χ3v) is 4.78. The van der Waals surface area contributed by atoms with E-state index < -0.39 is 0 Å². The van der Waals surface area contributed by atoms with E-state index in [2.05, 4.69) is 15.3 Å². The van der Waals surface area contributed by atoms with Crippen LogP contribution in [0, 0.1) is 5.82 Å². The van der Waals surface area contributed by atoms with Crippen molar-refractivity contribution in [2.45, 2.75) is 12.8 Å². The Hall–Kier alpha value is -3.35. The number of rotatable bonds is 5. The van der Waals surface area contributed by atoms with Crippen LogP contribution in [0.3, 0.4) is 0 Å². The molecule has 7 heteroatoms. The number of aromatic amines is 1. The normalized spacial score (nSPS) is 13.6. The predicted octanol–water partition coefficient (Wildman–Crippen LogP) is 4.29. The molecule has 1 aromatic carbocycles. The van der Waals surface area contributed by atoms with Crippen molar-refractivity contribution in [2.24, 2.45) is 0 Å². The van der Waals surface area contributed by atoms with Gasteiger partial charge in [-0.1, -0.05) is 0 Å². The first-order chi connectivity index (χ1) is 13.6. The maximum absolute atomic E-state index is 13.9. The topological polar surface area (TPSA) is 70.2 Å². The molecule has 0 spiro atoms. The van der Waals surface area contributed by atoms with Crippen molar-refractivity contribution in [1.29, 1.82) is 0 Å². The third kappa shape index (κ3) is 3.69. The van der Waals surface area contributed by atoms with E-state index >= 15 is 0 Å². The van der Waals surface area contributed by atoms with Crippen molar-refractivity contribution in [3.05, 3.63) is 60.2 Å². The number of halogens is 1. The summed E-state index contributed by atoms with van der Waals surface area (Å²) in [7, 11) is 1.66. The molecule has 4 rings (SSSR count). The molecule has 0 saturated carbocycles. The molecule has 28 heavy (non-hydrogen) atoms. The maximum Gasteiger partial charge on any atom is 0.255 e.